The number of allylic oxidation sites excluding steroid dienone is 1. The molecule has 0 bridgehead atoms. The Bertz CT molecular complexity index is 1470. The monoisotopic (exact) mass is 527 g/mol. The number of H-pyrrole nitrogens is 1. The van der Waals surface area contributed by atoms with E-state index in [0.29, 0.717) is 43.4 Å². The van der Waals surface area contributed by atoms with Crippen LogP contribution >= 0.6 is 0 Å². The number of ether oxygens (including phenoxy) is 2. The highest BCUT2D eigenvalue weighted by molar-refractivity contribution is 5.87. The van der Waals surface area contributed by atoms with Gasteiger partial charge in [-0.05, 0) is 25.1 Å². The van der Waals surface area contributed by atoms with Gasteiger partial charge in [0.25, 0.3) is 0 Å². The molecule has 10 nitrogen and oxygen atoms in total. The molecule has 38 heavy (non-hydrogen) atoms. The summed E-state index contributed by atoms with van der Waals surface area (Å²) in [6, 6.07) is 5.95. The van der Waals surface area contributed by atoms with Crippen molar-refractivity contribution in [2.24, 2.45) is 10.7 Å². The molecule has 5 rings (SSSR count). The van der Waals surface area contributed by atoms with Gasteiger partial charge in [0.1, 0.15) is 34.6 Å². The summed E-state index contributed by atoms with van der Waals surface area (Å²) < 4.78 is 52.3. The lowest BCUT2D eigenvalue weighted by atomic mass is 9.83. The first-order valence-corrected chi connectivity index (χ1v) is 11.7. The number of nitrogens with one attached hydrogen (secondary N) is 2. The van der Waals surface area contributed by atoms with Gasteiger partial charge >= 0.3 is 12.3 Å². The van der Waals surface area contributed by atoms with Crippen LogP contribution in [0.3, 0.4) is 0 Å². The quantitative estimate of drug-likeness (QED) is 0.192. The molecule has 198 valence electrons. The summed E-state index contributed by atoms with van der Waals surface area (Å²) >= 11 is 0. The van der Waals surface area contributed by atoms with Gasteiger partial charge in [-0.3, -0.25) is 5.32 Å². The number of nitrogens with zero attached hydrogens (tertiary/aromatic N) is 4. The van der Waals surface area contributed by atoms with Crippen molar-refractivity contribution in [3.8, 4) is 5.75 Å². The fourth-order valence-electron chi connectivity index (χ4n) is 4.80. The number of aromatic amines is 1. The molecule has 2 aliphatic heterocycles. The minimum absolute atomic E-state index is 0.0495. The predicted octanol–water partition coefficient (Wildman–Crippen LogP) is 4.56. The minimum atomic E-state index is -4.61. The second-order valence-corrected chi connectivity index (χ2v) is 8.93. The summed E-state index contributed by atoms with van der Waals surface area (Å²) in [5, 5.41) is 2.62. The number of halogens is 3. The highest BCUT2D eigenvalue weighted by Gasteiger charge is 2.45. The summed E-state index contributed by atoms with van der Waals surface area (Å²) in [4.78, 5) is 29.3. The maximum atomic E-state index is 13.6. The average molecular weight is 528 g/mol. The molecule has 0 unspecified atom stereocenters. The lowest BCUT2D eigenvalue weighted by Gasteiger charge is -2.44. The number of benzene rings is 1. The molecule has 0 aliphatic carbocycles. The van der Waals surface area contributed by atoms with Gasteiger partial charge < -0.3 is 25.1 Å². The lowest BCUT2D eigenvalue weighted by Crippen LogP contribution is -2.48. The Hall–Kier alpha value is -4.55. The van der Waals surface area contributed by atoms with E-state index >= 15 is 0 Å². The van der Waals surface area contributed by atoms with E-state index in [9.17, 15) is 18.0 Å². The molecule has 3 aromatic rings. The second-order valence-electron chi connectivity index (χ2n) is 8.93. The van der Waals surface area contributed by atoms with Crippen LogP contribution in [0.1, 0.15) is 29.8 Å². The van der Waals surface area contributed by atoms with E-state index in [0.717, 1.165) is 18.0 Å². The van der Waals surface area contributed by atoms with Crippen molar-refractivity contribution >= 4 is 29.3 Å². The van der Waals surface area contributed by atoms with Crippen LogP contribution in [0, 0.1) is 6.92 Å². The SMILES string of the molecule is C=C(/C=C(\N=C/N)N1CCC2(CC1)OC(=O)Nc1ncccc12)Oc1cc(C(F)(F)F)c2[nH]c(C)nc2c1. The number of hydrogen-bond acceptors (Lipinski definition) is 7. The first-order chi connectivity index (χ1) is 18.1. The molecule has 0 saturated carbocycles. The molecule has 1 spiro atoms. The fourth-order valence-corrected chi connectivity index (χ4v) is 4.80. The maximum absolute atomic E-state index is 13.6. The normalized spacial score (nSPS) is 17.4. The van der Waals surface area contributed by atoms with Crippen molar-refractivity contribution in [3.05, 3.63) is 71.6 Å². The van der Waals surface area contributed by atoms with Crippen LogP contribution < -0.4 is 15.8 Å². The third-order valence-electron chi connectivity index (χ3n) is 6.44. The number of imidazole rings is 1. The van der Waals surface area contributed by atoms with Gasteiger partial charge in [0, 0.05) is 49.8 Å². The van der Waals surface area contributed by atoms with Gasteiger partial charge in [-0.2, -0.15) is 13.2 Å². The maximum Gasteiger partial charge on any atom is 0.418 e. The summed E-state index contributed by atoms with van der Waals surface area (Å²) in [5.41, 5.74) is 4.64. The van der Waals surface area contributed by atoms with E-state index in [-0.39, 0.29) is 22.5 Å². The molecule has 1 fully saturated rings. The third kappa shape index (κ3) is 4.74. The average Bonchev–Trinajstić information content (AvgIpc) is 3.23. The predicted molar refractivity (Wildman–Crippen MR) is 133 cm³/mol. The Labute approximate surface area is 215 Å². The van der Waals surface area contributed by atoms with Gasteiger partial charge in [-0.15, -0.1) is 0 Å². The molecule has 4 N–H and O–H groups in total. The van der Waals surface area contributed by atoms with Gasteiger partial charge in [0.15, 0.2) is 0 Å². The zero-order valence-electron chi connectivity index (χ0n) is 20.3. The van der Waals surface area contributed by atoms with Crippen LogP contribution in [0.15, 0.2) is 59.7 Å². The molecular weight excluding hydrogens is 503 g/mol. The topological polar surface area (TPSA) is 131 Å². The fraction of sp³-hybridized carbons (Fsp3) is 0.280. The second kappa shape index (κ2) is 9.39. The van der Waals surface area contributed by atoms with Crippen molar-refractivity contribution in [1.82, 2.24) is 19.9 Å². The number of carbonyl (C=O) groups excluding carboxylic acids is 1. The summed E-state index contributed by atoms with van der Waals surface area (Å²) in [6.07, 6.45) is -0.0879. The first-order valence-electron chi connectivity index (χ1n) is 11.7. The Morgan fingerprint density at radius 2 is 2.11 bits per heavy atom. The van der Waals surface area contributed by atoms with E-state index in [1.807, 2.05) is 11.0 Å². The first kappa shape index (κ1) is 25.1. The van der Waals surface area contributed by atoms with Gasteiger partial charge in [-0.1, -0.05) is 6.58 Å². The minimum Gasteiger partial charge on any atom is -0.458 e. The number of pyridine rings is 1. The van der Waals surface area contributed by atoms with Crippen LogP contribution in [0.4, 0.5) is 23.8 Å². The molecule has 13 heteroatoms. The van der Waals surface area contributed by atoms with Crippen molar-refractivity contribution in [2.75, 3.05) is 18.4 Å². The number of piperidine rings is 1. The zero-order valence-corrected chi connectivity index (χ0v) is 20.3. The summed E-state index contributed by atoms with van der Waals surface area (Å²) in [5.74, 6) is 1.19. The summed E-state index contributed by atoms with van der Waals surface area (Å²) in [7, 11) is 0. The number of anilines is 1. The number of aryl methyl sites for hydroxylation is 1. The number of alkyl halides is 3. The largest absolute Gasteiger partial charge is 0.458 e. The number of aliphatic imine (C=N–C) groups is 1. The van der Waals surface area contributed by atoms with E-state index in [1.54, 1.807) is 19.2 Å². The van der Waals surface area contributed by atoms with Crippen LogP contribution in [-0.4, -0.2) is 45.4 Å². The van der Waals surface area contributed by atoms with Gasteiger partial charge in [0.05, 0.1) is 22.9 Å². The molecule has 2 aliphatic rings. The van der Waals surface area contributed by atoms with E-state index in [1.165, 1.54) is 12.1 Å². The number of carbonyl (C=O) groups is 1. The lowest BCUT2D eigenvalue weighted by molar-refractivity contribution is -0.136. The standard InChI is InChI=1S/C25H24F3N7O3/c1-14(37-16-11-18(25(26,27)28)21-19(12-16)32-15(2)33-21)10-20(31-13-29)35-8-5-24(6-9-35)17-4-3-7-30-22(17)34-23(36)38-24/h3-4,7,10-13H,1,5-6,8-9H2,2H3,(H2,29,31)(H,32,33)(H,30,34,36)/b20-10+. The zero-order chi connectivity index (χ0) is 27.1. The third-order valence-corrected chi connectivity index (χ3v) is 6.44. The Morgan fingerprint density at radius 3 is 2.82 bits per heavy atom. The van der Waals surface area contributed by atoms with Crippen molar-refractivity contribution < 1.29 is 27.4 Å². The number of hydrogen-bond donors (Lipinski definition) is 3. The van der Waals surface area contributed by atoms with Crippen molar-refractivity contribution in [3.63, 3.8) is 0 Å². The van der Waals surface area contributed by atoms with Crippen LogP contribution in [0.25, 0.3) is 11.0 Å². The number of nitrogens with two attached hydrogens (primary N) is 1. The molecule has 1 aromatic carbocycles. The van der Waals surface area contributed by atoms with Crippen LogP contribution in [-0.2, 0) is 16.5 Å². The molecule has 1 saturated heterocycles. The number of likely N-dealkylation sites (tertiary alicyclic amines) is 1. The highest BCUT2D eigenvalue weighted by Crippen LogP contribution is 2.43. The summed E-state index contributed by atoms with van der Waals surface area (Å²) in [6.45, 7) is 6.28. The highest BCUT2D eigenvalue weighted by atomic mass is 19.4. The Kier molecular flexibility index (Phi) is 6.21. The number of aromatic nitrogens is 3. The van der Waals surface area contributed by atoms with Crippen molar-refractivity contribution in [2.45, 2.75) is 31.5 Å². The van der Waals surface area contributed by atoms with E-state index in [2.05, 4.69) is 31.8 Å². The molecule has 0 radical (unpaired) electrons. The molecule has 4 heterocycles. The number of rotatable bonds is 5. The molecule has 2 aromatic heterocycles. The van der Waals surface area contributed by atoms with Gasteiger partial charge in [-0.25, -0.2) is 19.8 Å². The van der Waals surface area contributed by atoms with Crippen LogP contribution in [0.2, 0.25) is 0 Å². The van der Waals surface area contributed by atoms with E-state index in [4.69, 9.17) is 15.2 Å². The van der Waals surface area contributed by atoms with Crippen molar-refractivity contribution in [1.29, 1.82) is 0 Å². The smallest absolute Gasteiger partial charge is 0.418 e. The van der Waals surface area contributed by atoms with Crippen LogP contribution in [0.5, 0.6) is 5.75 Å². The molecule has 1 amide bonds. The molecule has 0 atom stereocenters. The molecular formula is C25H24F3N7O3. The number of fused-ring (bicyclic) bond motifs is 3. The number of amides is 1. The van der Waals surface area contributed by atoms with Gasteiger partial charge in [0.2, 0.25) is 0 Å². The van der Waals surface area contributed by atoms with E-state index < -0.39 is 23.4 Å². The Morgan fingerprint density at radius 1 is 1.34 bits per heavy atom. The Balaban J connectivity index is 1.36.